The summed E-state index contributed by atoms with van der Waals surface area (Å²) in [6.45, 7) is 0.243. The van der Waals surface area contributed by atoms with Gasteiger partial charge in [0.15, 0.2) is 11.5 Å². The van der Waals surface area contributed by atoms with Crippen LogP contribution in [0, 0.1) is 15.9 Å². The van der Waals surface area contributed by atoms with Crippen LogP contribution in [-0.2, 0) is 6.61 Å². The molecule has 5 nitrogen and oxygen atoms in total. The van der Waals surface area contributed by atoms with E-state index in [0.29, 0.717) is 21.5 Å². The van der Waals surface area contributed by atoms with Gasteiger partial charge >= 0.3 is 0 Å². The molecule has 0 aliphatic carbocycles. The van der Waals surface area contributed by atoms with E-state index in [1.807, 2.05) is 0 Å². The fourth-order valence-electron chi connectivity index (χ4n) is 1.83. The quantitative estimate of drug-likeness (QED) is 0.548. The second-order valence-electron chi connectivity index (χ2n) is 4.54. The SMILES string of the molecule is COc1cc(C=C[N+](=O)[O-])c(Br)cc1OCc1ccc(F)cc1. The first kappa shape index (κ1) is 17.0. The van der Waals surface area contributed by atoms with Crippen molar-refractivity contribution in [3.05, 3.63) is 74.1 Å². The van der Waals surface area contributed by atoms with E-state index >= 15 is 0 Å². The Balaban J connectivity index is 2.19. The maximum absolute atomic E-state index is 12.9. The minimum Gasteiger partial charge on any atom is -0.493 e. The van der Waals surface area contributed by atoms with Gasteiger partial charge in [-0.15, -0.1) is 0 Å². The van der Waals surface area contributed by atoms with Crippen molar-refractivity contribution in [1.82, 2.24) is 0 Å². The number of hydrogen-bond donors (Lipinski definition) is 0. The fourth-order valence-corrected chi connectivity index (χ4v) is 2.29. The highest BCUT2D eigenvalue weighted by molar-refractivity contribution is 9.10. The van der Waals surface area contributed by atoms with Gasteiger partial charge in [0.05, 0.1) is 12.0 Å². The summed E-state index contributed by atoms with van der Waals surface area (Å²) >= 11 is 3.34. The minimum absolute atomic E-state index is 0.243. The van der Waals surface area contributed by atoms with Crippen LogP contribution in [0.15, 0.2) is 47.1 Å². The number of nitro groups is 1. The van der Waals surface area contributed by atoms with Crippen molar-refractivity contribution >= 4 is 22.0 Å². The van der Waals surface area contributed by atoms with Crippen molar-refractivity contribution in [2.24, 2.45) is 0 Å². The fraction of sp³-hybridized carbons (Fsp3) is 0.125. The Labute approximate surface area is 140 Å². The molecule has 2 rings (SSSR count). The first-order valence-corrected chi connectivity index (χ1v) is 7.35. The maximum Gasteiger partial charge on any atom is 0.235 e. The summed E-state index contributed by atoms with van der Waals surface area (Å²) in [7, 11) is 1.48. The molecule has 0 bridgehead atoms. The van der Waals surface area contributed by atoms with Crippen LogP contribution in [0.1, 0.15) is 11.1 Å². The van der Waals surface area contributed by atoms with Crippen LogP contribution in [0.5, 0.6) is 11.5 Å². The Morgan fingerprint density at radius 1 is 1.26 bits per heavy atom. The first-order chi connectivity index (χ1) is 11.0. The lowest BCUT2D eigenvalue weighted by Crippen LogP contribution is -1.98. The molecule has 0 spiro atoms. The lowest BCUT2D eigenvalue weighted by molar-refractivity contribution is -0.400. The number of benzene rings is 2. The number of nitrogens with zero attached hydrogens (tertiary/aromatic N) is 1. The number of halogens is 2. The molecule has 0 N–H and O–H groups in total. The van der Waals surface area contributed by atoms with Gasteiger partial charge in [0.25, 0.3) is 0 Å². The van der Waals surface area contributed by atoms with E-state index in [-0.39, 0.29) is 12.4 Å². The summed E-state index contributed by atoms with van der Waals surface area (Å²) in [6, 6.07) is 9.27. The largest absolute Gasteiger partial charge is 0.493 e. The zero-order valence-electron chi connectivity index (χ0n) is 12.2. The zero-order chi connectivity index (χ0) is 16.8. The predicted octanol–water partition coefficient (Wildman–Crippen LogP) is 4.42. The second kappa shape index (κ2) is 7.73. The van der Waals surface area contributed by atoms with Crippen molar-refractivity contribution in [3.63, 3.8) is 0 Å². The molecular formula is C16H13BrFNO4. The highest BCUT2D eigenvalue weighted by atomic mass is 79.9. The summed E-state index contributed by atoms with van der Waals surface area (Å²) in [5.74, 6) is 0.608. The number of rotatable bonds is 6. The molecule has 0 unspecified atom stereocenters. The molecule has 0 amide bonds. The highest BCUT2D eigenvalue weighted by Gasteiger charge is 2.10. The normalized spacial score (nSPS) is 10.7. The van der Waals surface area contributed by atoms with Gasteiger partial charge in [0, 0.05) is 10.5 Å². The van der Waals surface area contributed by atoms with Gasteiger partial charge in [0.1, 0.15) is 12.4 Å². The van der Waals surface area contributed by atoms with Gasteiger partial charge in [-0.2, -0.15) is 0 Å². The van der Waals surface area contributed by atoms with Crippen LogP contribution in [0.2, 0.25) is 0 Å². The summed E-state index contributed by atoms with van der Waals surface area (Å²) in [5, 5.41) is 10.4. The van der Waals surface area contributed by atoms with Gasteiger partial charge in [-0.3, -0.25) is 10.1 Å². The van der Waals surface area contributed by atoms with E-state index in [2.05, 4.69) is 15.9 Å². The molecule has 0 atom stereocenters. The minimum atomic E-state index is -0.544. The average molecular weight is 382 g/mol. The van der Waals surface area contributed by atoms with Crippen LogP contribution in [-0.4, -0.2) is 12.0 Å². The summed E-state index contributed by atoms with van der Waals surface area (Å²) in [4.78, 5) is 9.87. The summed E-state index contributed by atoms with van der Waals surface area (Å²) < 4.78 is 24.4. The van der Waals surface area contributed by atoms with Crippen LogP contribution in [0.3, 0.4) is 0 Å². The highest BCUT2D eigenvalue weighted by Crippen LogP contribution is 2.34. The monoisotopic (exact) mass is 381 g/mol. The van der Waals surface area contributed by atoms with E-state index in [9.17, 15) is 14.5 Å². The predicted molar refractivity (Wildman–Crippen MR) is 87.5 cm³/mol. The molecule has 0 aromatic heterocycles. The maximum atomic E-state index is 12.9. The van der Waals surface area contributed by atoms with E-state index in [1.165, 1.54) is 25.3 Å². The molecule has 120 valence electrons. The number of hydrogen-bond acceptors (Lipinski definition) is 4. The van der Waals surface area contributed by atoms with Crippen LogP contribution in [0.25, 0.3) is 6.08 Å². The summed E-state index contributed by atoms with van der Waals surface area (Å²) in [5.41, 5.74) is 1.40. The molecule has 7 heteroatoms. The molecule has 0 saturated carbocycles. The molecule has 0 radical (unpaired) electrons. The van der Waals surface area contributed by atoms with Gasteiger partial charge < -0.3 is 9.47 Å². The Morgan fingerprint density at radius 3 is 2.57 bits per heavy atom. The third-order valence-corrected chi connectivity index (χ3v) is 3.65. The van der Waals surface area contributed by atoms with Gasteiger partial charge in [-0.05, 0) is 35.4 Å². The summed E-state index contributed by atoms with van der Waals surface area (Å²) in [6.07, 6.45) is 2.20. The molecular weight excluding hydrogens is 369 g/mol. The van der Waals surface area contributed by atoms with Crippen molar-refractivity contribution in [2.75, 3.05) is 7.11 Å². The molecule has 23 heavy (non-hydrogen) atoms. The van der Waals surface area contributed by atoms with E-state index in [0.717, 1.165) is 11.8 Å². The molecule has 0 aliphatic rings. The smallest absolute Gasteiger partial charge is 0.235 e. The number of ether oxygens (including phenoxy) is 2. The van der Waals surface area contributed by atoms with Crippen molar-refractivity contribution in [1.29, 1.82) is 0 Å². The first-order valence-electron chi connectivity index (χ1n) is 6.56. The van der Waals surface area contributed by atoms with Gasteiger partial charge in [-0.25, -0.2) is 4.39 Å². The molecule has 0 saturated heterocycles. The third-order valence-electron chi connectivity index (χ3n) is 2.97. The van der Waals surface area contributed by atoms with Crippen LogP contribution >= 0.6 is 15.9 Å². The molecule has 2 aromatic carbocycles. The van der Waals surface area contributed by atoms with Crippen molar-refractivity contribution in [2.45, 2.75) is 6.61 Å². The molecule has 2 aromatic rings. The van der Waals surface area contributed by atoms with E-state index < -0.39 is 4.92 Å². The van der Waals surface area contributed by atoms with Gasteiger partial charge in [0.2, 0.25) is 6.20 Å². The zero-order valence-corrected chi connectivity index (χ0v) is 13.7. The standard InChI is InChI=1S/C16H13BrFNO4/c1-22-15-8-12(6-7-19(20)21)14(17)9-16(15)23-10-11-2-4-13(18)5-3-11/h2-9H,10H2,1H3. The Hall–Kier alpha value is -2.41. The Morgan fingerprint density at radius 2 is 1.96 bits per heavy atom. The molecule has 0 fully saturated rings. The van der Waals surface area contributed by atoms with E-state index in [1.54, 1.807) is 24.3 Å². The lowest BCUT2D eigenvalue weighted by atomic mass is 10.2. The molecule has 0 heterocycles. The average Bonchev–Trinajstić information content (AvgIpc) is 2.53. The third kappa shape index (κ3) is 4.79. The van der Waals surface area contributed by atoms with E-state index in [4.69, 9.17) is 9.47 Å². The number of methoxy groups -OCH3 is 1. The van der Waals surface area contributed by atoms with Gasteiger partial charge in [-0.1, -0.05) is 28.1 Å². The molecule has 0 aliphatic heterocycles. The van der Waals surface area contributed by atoms with Crippen molar-refractivity contribution in [3.8, 4) is 11.5 Å². The Kier molecular flexibility index (Phi) is 5.70. The lowest BCUT2D eigenvalue weighted by Gasteiger charge is -2.12. The van der Waals surface area contributed by atoms with Crippen LogP contribution < -0.4 is 9.47 Å². The van der Waals surface area contributed by atoms with Crippen molar-refractivity contribution < 1.29 is 18.8 Å². The van der Waals surface area contributed by atoms with Crippen LogP contribution in [0.4, 0.5) is 4.39 Å². The topological polar surface area (TPSA) is 61.6 Å². The Bertz CT molecular complexity index is 732. The second-order valence-corrected chi connectivity index (χ2v) is 5.40.